The summed E-state index contributed by atoms with van der Waals surface area (Å²) >= 11 is 0. The van der Waals surface area contributed by atoms with Crippen LogP contribution in [0.15, 0.2) is 53.5 Å². The number of nitrogens with zero attached hydrogens (tertiary/aromatic N) is 1. The van der Waals surface area contributed by atoms with Gasteiger partial charge in [-0.25, -0.2) is 0 Å². The fourth-order valence-corrected chi connectivity index (χ4v) is 2.48. The van der Waals surface area contributed by atoms with E-state index in [4.69, 9.17) is 10.5 Å². The van der Waals surface area contributed by atoms with Gasteiger partial charge in [-0.3, -0.25) is 4.79 Å². The van der Waals surface area contributed by atoms with Gasteiger partial charge in [0.05, 0.1) is 18.8 Å². The van der Waals surface area contributed by atoms with Gasteiger partial charge in [-0.15, -0.1) is 0 Å². The van der Waals surface area contributed by atoms with E-state index in [1.54, 1.807) is 11.6 Å². The number of nitrogens with two attached hydrogens (primary N) is 1. The molecule has 2 rings (SSSR count). The van der Waals surface area contributed by atoms with E-state index in [0.717, 1.165) is 29.8 Å². The van der Waals surface area contributed by atoms with Crippen LogP contribution >= 0.6 is 0 Å². The van der Waals surface area contributed by atoms with Crippen molar-refractivity contribution in [3.63, 3.8) is 0 Å². The molecule has 0 aliphatic carbocycles. The molecule has 0 spiro atoms. The number of rotatable bonds is 7. The Balaban J connectivity index is 1.97. The second-order valence-electron chi connectivity index (χ2n) is 5.91. The van der Waals surface area contributed by atoms with Crippen molar-refractivity contribution in [2.75, 3.05) is 0 Å². The zero-order chi connectivity index (χ0) is 19.2. The first-order chi connectivity index (χ1) is 12.3. The van der Waals surface area contributed by atoms with Gasteiger partial charge in [0, 0.05) is 18.8 Å². The fourth-order valence-electron chi connectivity index (χ4n) is 2.48. The highest BCUT2D eigenvalue weighted by Crippen LogP contribution is 2.29. The summed E-state index contributed by atoms with van der Waals surface area (Å²) in [7, 11) is 1.71. The van der Waals surface area contributed by atoms with Crippen molar-refractivity contribution in [1.82, 2.24) is 4.57 Å². The van der Waals surface area contributed by atoms with Crippen LogP contribution < -0.4 is 11.3 Å². The minimum atomic E-state index is -4.35. The van der Waals surface area contributed by atoms with Gasteiger partial charge in [-0.1, -0.05) is 18.2 Å². The Hall–Kier alpha value is -2.54. The first-order valence-corrected chi connectivity index (χ1v) is 8.10. The van der Waals surface area contributed by atoms with Crippen molar-refractivity contribution >= 4 is 0 Å². The predicted molar refractivity (Wildman–Crippen MR) is 93.3 cm³/mol. The Kier molecular flexibility index (Phi) is 6.63. The molecule has 0 radical (unpaired) electrons. The lowest BCUT2D eigenvalue weighted by Crippen LogP contribution is -2.20. The number of benzene rings is 1. The van der Waals surface area contributed by atoms with Crippen molar-refractivity contribution in [1.29, 1.82) is 0 Å². The number of halogens is 3. The molecule has 0 amide bonds. The first kappa shape index (κ1) is 19.8. The zero-order valence-electron chi connectivity index (χ0n) is 14.4. The highest BCUT2D eigenvalue weighted by Gasteiger charge is 2.29. The standard InChI is InChI=1S/C19H21F3N2O2/c1-24-17(4-2-3-9-23)10-15(11-18(24)25)13-26-12-14-5-7-16(8-6-14)19(20,21)22/h3,5-11H,2,4,12-13,23H2,1H3/b9-3+. The van der Waals surface area contributed by atoms with Gasteiger partial charge in [0.1, 0.15) is 0 Å². The van der Waals surface area contributed by atoms with Gasteiger partial charge in [0.15, 0.2) is 0 Å². The van der Waals surface area contributed by atoms with E-state index in [1.807, 2.05) is 12.1 Å². The number of aryl methyl sites for hydroxylation is 1. The van der Waals surface area contributed by atoms with E-state index in [1.165, 1.54) is 24.4 Å². The van der Waals surface area contributed by atoms with Crippen molar-refractivity contribution in [3.8, 4) is 0 Å². The summed E-state index contributed by atoms with van der Waals surface area (Å²) in [5.41, 5.74) is 6.72. The van der Waals surface area contributed by atoms with E-state index in [0.29, 0.717) is 12.0 Å². The normalized spacial score (nSPS) is 12.0. The Morgan fingerprint density at radius 1 is 1.12 bits per heavy atom. The summed E-state index contributed by atoms with van der Waals surface area (Å²) in [4.78, 5) is 12.0. The maximum absolute atomic E-state index is 12.5. The van der Waals surface area contributed by atoms with Crippen molar-refractivity contribution in [2.45, 2.75) is 32.2 Å². The summed E-state index contributed by atoms with van der Waals surface area (Å²) in [5.74, 6) is 0. The molecule has 0 fully saturated rings. The van der Waals surface area contributed by atoms with Crippen LogP contribution in [0.4, 0.5) is 13.2 Å². The number of ether oxygens (including phenoxy) is 1. The molecule has 26 heavy (non-hydrogen) atoms. The number of allylic oxidation sites excluding steroid dienone is 1. The van der Waals surface area contributed by atoms with Crippen molar-refractivity contribution in [2.24, 2.45) is 12.8 Å². The molecule has 1 aromatic heterocycles. The summed E-state index contributed by atoms with van der Waals surface area (Å²) in [6.07, 6.45) is 0.332. The summed E-state index contributed by atoms with van der Waals surface area (Å²) in [6, 6.07) is 8.21. The van der Waals surface area contributed by atoms with Gasteiger partial charge in [-0.05, 0) is 48.4 Å². The Bertz CT molecular complexity index is 809. The van der Waals surface area contributed by atoms with Crippen LogP contribution in [0.5, 0.6) is 0 Å². The molecule has 0 atom stereocenters. The molecule has 2 N–H and O–H groups in total. The monoisotopic (exact) mass is 366 g/mol. The van der Waals surface area contributed by atoms with Crippen LogP contribution in [-0.4, -0.2) is 4.57 Å². The third kappa shape index (κ3) is 5.49. The molecule has 7 heteroatoms. The smallest absolute Gasteiger partial charge is 0.405 e. The van der Waals surface area contributed by atoms with E-state index >= 15 is 0 Å². The van der Waals surface area contributed by atoms with E-state index < -0.39 is 11.7 Å². The number of hydrogen-bond donors (Lipinski definition) is 1. The minimum absolute atomic E-state index is 0.132. The summed E-state index contributed by atoms with van der Waals surface area (Å²) < 4.78 is 44.7. The van der Waals surface area contributed by atoms with Crippen molar-refractivity contribution < 1.29 is 17.9 Å². The van der Waals surface area contributed by atoms with Crippen LogP contribution in [0.3, 0.4) is 0 Å². The first-order valence-electron chi connectivity index (χ1n) is 8.10. The number of hydrogen-bond acceptors (Lipinski definition) is 3. The Morgan fingerprint density at radius 2 is 1.77 bits per heavy atom. The highest BCUT2D eigenvalue weighted by atomic mass is 19.4. The predicted octanol–water partition coefficient (Wildman–Crippen LogP) is 3.53. The summed E-state index contributed by atoms with van der Waals surface area (Å²) in [5, 5.41) is 0. The molecule has 0 saturated carbocycles. The third-order valence-corrected chi connectivity index (χ3v) is 3.94. The van der Waals surface area contributed by atoms with E-state index in [-0.39, 0.29) is 18.8 Å². The van der Waals surface area contributed by atoms with E-state index in [2.05, 4.69) is 0 Å². The van der Waals surface area contributed by atoms with Crippen LogP contribution in [0.2, 0.25) is 0 Å². The SMILES string of the molecule is Cn1c(CC/C=C/N)cc(COCc2ccc(C(F)(F)F)cc2)cc1=O. The van der Waals surface area contributed by atoms with Gasteiger partial charge in [0.2, 0.25) is 0 Å². The third-order valence-electron chi connectivity index (χ3n) is 3.94. The van der Waals surface area contributed by atoms with Crippen LogP contribution in [0.25, 0.3) is 0 Å². The Labute approximate surface area is 149 Å². The molecule has 1 heterocycles. The van der Waals surface area contributed by atoms with Gasteiger partial charge >= 0.3 is 6.18 Å². The molecule has 0 aliphatic heterocycles. The lowest BCUT2D eigenvalue weighted by Gasteiger charge is -2.11. The molecule has 0 aliphatic rings. The van der Waals surface area contributed by atoms with Crippen molar-refractivity contribution in [3.05, 3.63) is 81.4 Å². The summed E-state index contributed by atoms with van der Waals surface area (Å²) in [6.45, 7) is 0.370. The second kappa shape index (κ2) is 8.71. The lowest BCUT2D eigenvalue weighted by atomic mass is 10.1. The molecule has 2 aromatic rings. The van der Waals surface area contributed by atoms with Gasteiger partial charge in [0.25, 0.3) is 5.56 Å². The second-order valence-corrected chi connectivity index (χ2v) is 5.91. The Morgan fingerprint density at radius 3 is 2.38 bits per heavy atom. The average Bonchev–Trinajstić information content (AvgIpc) is 2.59. The lowest BCUT2D eigenvalue weighted by molar-refractivity contribution is -0.137. The zero-order valence-corrected chi connectivity index (χ0v) is 14.4. The van der Waals surface area contributed by atoms with Crippen LogP contribution in [0, 0.1) is 0 Å². The maximum Gasteiger partial charge on any atom is 0.416 e. The van der Waals surface area contributed by atoms with Crippen LogP contribution in [-0.2, 0) is 37.6 Å². The van der Waals surface area contributed by atoms with E-state index in [9.17, 15) is 18.0 Å². The molecule has 0 bridgehead atoms. The number of aromatic nitrogens is 1. The molecule has 0 saturated heterocycles. The fraction of sp³-hybridized carbons (Fsp3) is 0.316. The molecule has 1 aromatic carbocycles. The molecular weight excluding hydrogens is 345 g/mol. The minimum Gasteiger partial charge on any atom is -0.405 e. The van der Waals surface area contributed by atoms with Gasteiger partial charge < -0.3 is 15.0 Å². The largest absolute Gasteiger partial charge is 0.416 e. The molecular formula is C19H21F3N2O2. The molecule has 4 nitrogen and oxygen atoms in total. The number of pyridine rings is 1. The molecule has 0 unspecified atom stereocenters. The quantitative estimate of drug-likeness (QED) is 0.816. The topological polar surface area (TPSA) is 57.2 Å². The number of alkyl halides is 3. The maximum atomic E-state index is 12.5. The molecule has 140 valence electrons. The van der Waals surface area contributed by atoms with Crippen LogP contribution in [0.1, 0.15) is 28.8 Å². The van der Waals surface area contributed by atoms with Gasteiger partial charge in [-0.2, -0.15) is 13.2 Å². The average molecular weight is 366 g/mol. The highest BCUT2D eigenvalue weighted by molar-refractivity contribution is 5.24.